The first-order chi connectivity index (χ1) is 16.8. The minimum absolute atomic E-state index is 0.0623. The average molecular weight is 495 g/mol. The number of fused-ring (bicyclic) bond motifs is 1. The second kappa shape index (κ2) is 9.63. The van der Waals surface area contributed by atoms with Crippen molar-refractivity contribution in [1.29, 1.82) is 0 Å². The molecule has 2 aliphatic rings. The molecule has 2 aliphatic heterocycles. The molecule has 1 N–H and O–H groups in total. The van der Waals surface area contributed by atoms with Gasteiger partial charge in [-0.2, -0.15) is 4.98 Å². The highest BCUT2D eigenvalue weighted by Crippen LogP contribution is 2.40. The number of carbonyl (C=O) groups excluding carboxylic acids is 1. The summed E-state index contributed by atoms with van der Waals surface area (Å²) in [7, 11) is 0. The molecule has 3 aromatic rings. The maximum absolute atomic E-state index is 13.3. The summed E-state index contributed by atoms with van der Waals surface area (Å²) in [4.78, 5) is 20.1. The molecule has 2 atom stereocenters. The van der Waals surface area contributed by atoms with E-state index in [0.717, 1.165) is 48.2 Å². The Balaban J connectivity index is 1.24. The minimum atomic E-state index is -0.336. The Bertz CT molecular complexity index is 1220. The van der Waals surface area contributed by atoms with Gasteiger partial charge in [-0.15, -0.1) is 0 Å². The van der Waals surface area contributed by atoms with E-state index in [1.807, 2.05) is 36.4 Å². The SMILES string of the molecule is Cc1ccc2c(c1)C(NC(=O)C1CCCN(Cc3nc(-c4cccc(Cl)c4)no3)C1)CC(C)(C)O2. The summed E-state index contributed by atoms with van der Waals surface area (Å²) < 4.78 is 11.7. The Kier molecular flexibility index (Phi) is 6.55. The molecule has 1 fully saturated rings. The number of aromatic nitrogens is 2. The Hall–Kier alpha value is -2.90. The maximum atomic E-state index is 13.3. The quantitative estimate of drug-likeness (QED) is 0.516. The van der Waals surface area contributed by atoms with Gasteiger partial charge in [0.25, 0.3) is 0 Å². The molecule has 1 aromatic heterocycles. The molecule has 2 unspecified atom stereocenters. The van der Waals surface area contributed by atoms with Crippen LogP contribution >= 0.6 is 11.6 Å². The summed E-state index contributed by atoms with van der Waals surface area (Å²) in [6.45, 7) is 8.27. The molecule has 1 saturated heterocycles. The zero-order valence-electron chi connectivity index (χ0n) is 20.4. The van der Waals surface area contributed by atoms with Gasteiger partial charge in [-0.1, -0.05) is 46.6 Å². The van der Waals surface area contributed by atoms with Crippen molar-refractivity contribution in [1.82, 2.24) is 20.4 Å². The lowest BCUT2D eigenvalue weighted by Crippen LogP contribution is -2.46. The molecule has 3 heterocycles. The van der Waals surface area contributed by atoms with Crippen molar-refractivity contribution in [3.05, 3.63) is 64.5 Å². The van der Waals surface area contributed by atoms with Crippen LogP contribution < -0.4 is 10.1 Å². The molecule has 1 amide bonds. The number of amides is 1. The van der Waals surface area contributed by atoms with Gasteiger partial charge in [-0.05, 0) is 58.4 Å². The number of ether oxygens (including phenoxy) is 1. The van der Waals surface area contributed by atoms with E-state index in [4.69, 9.17) is 20.9 Å². The van der Waals surface area contributed by atoms with E-state index in [0.29, 0.717) is 29.8 Å². The van der Waals surface area contributed by atoms with Crippen LogP contribution in [0.2, 0.25) is 5.02 Å². The highest BCUT2D eigenvalue weighted by molar-refractivity contribution is 6.30. The van der Waals surface area contributed by atoms with Crippen LogP contribution in [0.15, 0.2) is 47.0 Å². The van der Waals surface area contributed by atoms with Gasteiger partial charge in [0.2, 0.25) is 17.6 Å². The van der Waals surface area contributed by atoms with E-state index in [9.17, 15) is 4.79 Å². The van der Waals surface area contributed by atoms with Crippen molar-refractivity contribution in [3.63, 3.8) is 0 Å². The summed E-state index contributed by atoms with van der Waals surface area (Å²) >= 11 is 6.08. The van der Waals surface area contributed by atoms with Gasteiger partial charge in [-0.3, -0.25) is 9.69 Å². The summed E-state index contributed by atoms with van der Waals surface area (Å²) in [5, 5.41) is 8.07. The fourth-order valence-corrected chi connectivity index (χ4v) is 5.25. The average Bonchev–Trinajstić information content (AvgIpc) is 3.28. The second-order valence-corrected chi connectivity index (χ2v) is 10.7. The van der Waals surface area contributed by atoms with Crippen LogP contribution in [0, 0.1) is 12.8 Å². The highest BCUT2D eigenvalue weighted by Gasteiger charge is 2.36. The van der Waals surface area contributed by atoms with E-state index >= 15 is 0 Å². The molecule has 0 radical (unpaired) electrons. The highest BCUT2D eigenvalue weighted by atomic mass is 35.5. The van der Waals surface area contributed by atoms with E-state index in [2.05, 4.69) is 47.2 Å². The van der Waals surface area contributed by atoms with Gasteiger partial charge < -0.3 is 14.6 Å². The van der Waals surface area contributed by atoms with E-state index in [-0.39, 0.29) is 23.5 Å². The number of carbonyl (C=O) groups is 1. The number of benzene rings is 2. The number of rotatable bonds is 5. The Morgan fingerprint density at radius 1 is 1.26 bits per heavy atom. The second-order valence-electron chi connectivity index (χ2n) is 10.3. The lowest BCUT2D eigenvalue weighted by atomic mass is 9.88. The van der Waals surface area contributed by atoms with E-state index < -0.39 is 0 Å². The van der Waals surface area contributed by atoms with Crippen molar-refractivity contribution in [2.45, 2.75) is 58.2 Å². The minimum Gasteiger partial charge on any atom is -0.487 e. The van der Waals surface area contributed by atoms with Crippen molar-refractivity contribution in [2.75, 3.05) is 13.1 Å². The number of nitrogens with zero attached hydrogens (tertiary/aromatic N) is 3. The Morgan fingerprint density at radius 2 is 2.11 bits per heavy atom. The van der Waals surface area contributed by atoms with Crippen LogP contribution in [-0.4, -0.2) is 39.6 Å². The standard InChI is InChI=1S/C27H31ClN4O3/c1-17-9-10-23-21(12-17)22(14-27(2,3)34-23)29-26(33)19-7-5-11-32(15-19)16-24-30-25(31-35-24)18-6-4-8-20(28)13-18/h4,6,8-10,12-13,19,22H,5,7,11,14-16H2,1-3H3,(H,29,33). The van der Waals surface area contributed by atoms with Gasteiger partial charge in [0.1, 0.15) is 11.4 Å². The van der Waals surface area contributed by atoms with Crippen molar-refractivity contribution in [2.24, 2.45) is 5.92 Å². The third kappa shape index (κ3) is 5.52. The third-order valence-corrected chi connectivity index (χ3v) is 6.96. The first-order valence-electron chi connectivity index (χ1n) is 12.2. The Labute approximate surface area is 210 Å². The van der Waals surface area contributed by atoms with Crippen LogP contribution in [-0.2, 0) is 11.3 Å². The van der Waals surface area contributed by atoms with Crippen LogP contribution in [0.4, 0.5) is 0 Å². The Morgan fingerprint density at radius 3 is 2.94 bits per heavy atom. The van der Waals surface area contributed by atoms with Crippen LogP contribution in [0.25, 0.3) is 11.4 Å². The number of halogens is 1. The lowest BCUT2D eigenvalue weighted by Gasteiger charge is -2.39. The third-order valence-electron chi connectivity index (χ3n) is 6.73. The van der Waals surface area contributed by atoms with Gasteiger partial charge in [0, 0.05) is 29.1 Å². The van der Waals surface area contributed by atoms with Crippen molar-refractivity contribution in [3.8, 4) is 17.1 Å². The van der Waals surface area contributed by atoms with Gasteiger partial charge in [-0.25, -0.2) is 0 Å². The summed E-state index contributed by atoms with van der Waals surface area (Å²) in [5.41, 5.74) is 2.70. The number of aryl methyl sites for hydroxylation is 1. The van der Waals surface area contributed by atoms with Crippen molar-refractivity contribution >= 4 is 17.5 Å². The first-order valence-corrected chi connectivity index (χ1v) is 12.5. The number of hydrogen-bond acceptors (Lipinski definition) is 6. The van der Waals surface area contributed by atoms with Crippen molar-refractivity contribution < 1.29 is 14.1 Å². The van der Waals surface area contributed by atoms with Crippen LogP contribution in [0.1, 0.15) is 56.2 Å². The van der Waals surface area contributed by atoms with E-state index in [1.54, 1.807) is 0 Å². The number of hydrogen-bond donors (Lipinski definition) is 1. The molecule has 184 valence electrons. The first kappa shape index (κ1) is 23.8. The molecule has 0 aliphatic carbocycles. The molecule has 8 heteroatoms. The molecule has 2 aromatic carbocycles. The molecule has 5 rings (SSSR count). The molecular formula is C27H31ClN4O3. The number of nitrogens with one attached hydrogen (secondary N) is 1. The molecule has 35 heavy (non-hydrogen) atoms. The topological polar surface area (TPSA) is 80.5 Å². The predicted molar refractivity (Wildman–Crippen MR) is 134 cm³/mol. The molecule has 7 nitrogen and oxygen atoms in total. The zero-order chi connectivity index (χ0) is 24.6. The molecular weight excluding hydrogens is 464 g/mol. The molecule has 0 spiro atoms. The lowest BCUT2D eigenvalue weighted by molar-refractivity contribution is -0.128. The van der Waals surface area contributed by atoms with Gasteiger partial charge >= 0.3 is 0 Å². The number of likely N-dealkylation sites (tertiary alicyclic amines) is 1. The largest absolute Gasteiger partial charge is 0.487 e. The van der Waals surface area contributed by atoms with Crippen LogP contribution in [0.3, 0.4) is 0 Å². The fraction of sp³-hybridized carbons (Fsp3) is 0.444. The van der Waals surface area contributed by atoms with E-state index in [1.165, 1.54) is 0 Å². The predicted octanol–water partition coefficient (Wildman–Crippen LogP) is 5.33. The summed E-state index contributed by atoms with van der Waals surface area (Å²) in [5.74, 6) is 1.92. The molecule has 0 saturated carbocycles. The zero-order valence-corrected chi connectivity index (χ0v) is 21.1. The summed E-state index contributed by atoms with van der Waals surface area (Å²) in [6.07, 6.45) is 2.55. The fourth-order valence-electron chi connectivity index (χ4n) is 5.06. The van der Waals surface area contributed by atoms with Crippen LogP contribution in [0.5, 0.6) is 5.75 Å². The van der Waals surface area contributed by atoms with Gasteiger partial charge in [0.05, 0.1) is 18.5 Å². The smallest absolute Gasteiger partial charge is 0.241 e. The normalized spacial score (nSPS) is 21.7. The molecule has 0 bridgehead atoms. The van der Waals surface area contributed by atoms with Gasteiger partial charge in [0.15, 0.2) is 0 Å². The monoisotopic (exact) mass is 494 g/mol. The summed E-state index contributed by atoms with van der Waals surface area (Å²) in [6, 6.07) is 13.5. The maximum Gasteiger partial charge on any atom is 0.241 e. The number of piperidine rings is 1.